The number of nitrogens with zero attached hydrogens (tertiary/aromatic N) is 1. The van der Waals surface area contributed by atoms with Crippen LogP contribution in [0, 0.1) is 0 Å². The number of benzene rings is 1. The van der Waals surface area contributed by atoms with E-state index in [4.69, 9.17) is 5.73 Å². The lowest BCUT2D eigenvalue weighted by Crippen LogP contribution is -2.29. The highest BCUT2D eigenvalue weighted by Crippen LogP contribution is 2.35. The molecule has 1 aliphatic rings. The van der Waals surface area contributed by atoms with Gasteiger partial charge in [0.2, 0.25) is 0 Å². The third-order valence-corrected chi connectivity index (χ3v) is 3.34. The molecule has 1 fully saturated rings. The van der Waals surface area contributed by atoms with Crippen LogP contribution in [0.1, 0.15) is 30.4 Å². The first-order valence-corrected chi connectivity index (χ1v) is 6.17. The van der Waals surface area contributed by atoms with E-state index in [9.17, 15) is 13.2 Å². The van der Waals surface area contributed by atoms with Crippen molar-refractivity contribution in [2.45, 2.75) is 32.0 Å². The third-order valence-electron chi connectivity index (χ3n) is 3.34. The number of hydrogen-bond acceptors (Lipinski definition) is 2. The van der Waals surface area contributed by atoms with Crippen molar-refractivity contribution in [1.29, 1.82) is 0 Å². The molecule has 0 saturated carbocycles. The van der Waals surface area contributed by atoms with E-state index < -0.39 is 11.7 Å². The van der Waals surface area contributed by atoms with E-state index in [-0.39, 0.29) is 12.1 Å². The smallest absolute Gasteiger partial charge is 0.372 e. The van der Waals surface area contributed by atoms with Crippen LogP contribution in [0.2, 0.25) is 0 Å². The first-order valence-electron chi connectivity index (χ1n) is 6.17. The monoisotopic (exact) mass is 258 g/mol. The summed E-state index contributed by atoms with van der Waals surface area (Å²) in [6.45, 7) is 1.58. The average Bonchev–Trinajstić information content (AvgIpc) is 2.38. The van der Waals surface area contributed by atoms with Gasteiger partial charge in [-0.25, -0.2) is 0 Å². The molecule has 2 rings (SSSR count). The van der Waals surface area contributed by atoms with Gasteiger partial charge in [0, 0.05) is 25.3 Å². The second-order valence-corrected chi connectivity index (χ2v) is 4.59. The molecule has 0 aromatic heterocycles. The highest BCUT2D eigenvalue weighted by molar-refractivity contribution is 5.52. The van der Waals surface area contributed by atoms with E-state index >= 15 is 0 Å². The van der Waals surface area contributed by atoms with Crippen molar-refractivity contribution in [2.24, 2.45) is 5.73 Å². The molecule has 1 aromatic carbocycles. The zero-order chi connectivity index (χ0) is 13.2. The molecule has 0 bridgehead atoms. The largest absolute Gasteiger partial charge is 0.416 e. The predicted octanol–water partition coefficient (Wildman–Crippen LogP) is 3.15. The number of piperidine rings is 1. The van der Waals surface area contributed by atoms with Crippen LogP contribution >= 0.6 is 0 Å². The molecule has 5 heteroatoms. The Morgan fingerprint density at radius 1 is 1.11 bits per heavy atom. The minimum atomic E-state index is -4.33. The van der Waals surface area contributed by atoms with Crippen LogP contribution in [0.15, 0.2) is 18.2 Å². The highest BCUT2D eigenvalue weighted by atomic mass is 19.4. The number of hydrogen-bond donors (Lipinski definition) is 1. The Labute approximate surface area is 105 Å². The van der Waals surface area contributed by atoms with Crippen LogP contribution in [0.25, 0.3) is 0 Å². The Morgan fingerprint density at radius 2 is 1.78 bits per heavy atom. The van der Waals surface area contributed by atoms with Crippen LogP contribution in [0.3, 0.4) is 0 Å². The third kappa shape index (κ3) is 2.77. The summed E-state index contributed by atoms with van der Waals surface area (Å²) in [6, 6.07) is 4.46. The molecule has 1 saturated heterocycles. The summed E-state index contributed by atoms with van der Waals surface area (Å²) in [5.74, 6) is 0. The minimum absolute atomic E-state index is 0.0882. The lowest BCUT2D eigenvalue weighted by atomic mass is 10.0. The van der Waals surface area contributed by atoms with Gasteiger partial charge in [0.05, 0.1) is 5.56 Å². The lowest BCUT2D eigenvalue weighted by molar-refractivity contribution is -0.138. The van der Waals surface area contributed by atoms with Crippen LogP contribution in [-0.4, -0.2) is 13.1 Å². The Balaban J connectivity index is 2.33. The average molecular weight is 258 g/mol. The van der Waals surface area contributed by atoms with Crippen molar-refractivity contribution < 1.29 is 13.2 Å². The van der Waals surface area contributed by atoms with E-state index in [1.165, 1.54) is 12.1 Å². The molecule has 0 spiro atoms. The SMILES string of the molecule is NCc1ccc(N2CCCCC2)cc1C(F)(F)F. The van der Waals surface area contributed by atoms with E-state index in [0.717, 1.165) is 32.4 Å². The maximum absolute atomic E-state index is 12.9. The summed E-state index contributed by atoms with van der Waals surface area (Å²) < 4.78 is 38.7. The van der Waals surface area contributed by atoms with E-state index in [1.54, 1.807) is 6.07 Å². The van der Waals surface area contributed by atoms with Gasteiger partial charge in [0.25, 0.3) is 0 Å². The van der Waals surface area contributed by atoms with Crippen molar-refractivity contribution in [3.8, 4) is 0 Å². The molecule has 1 heterocycles. The predicted molar refractivity (Wildman–Crippen MR) is 65.4 cm³/mol. The second kappa shape index (κ2) is 5.18. The first-order chi connectivity index (χ1) is 8.52. The fourth-order valence-corrected chi connectivity index (χ4v) is 2.36. The summed E-state index contributed by atoms with van der Waals surface area (Å²) in [5, 5.41) is 0. The highest BCUT2D eigenvalue weighted by Gasteiger charge is 2.33. The lowest BCUT2D eigenvalue weighted by Gasteiger charge is -2.29. The summed E-state index contributed by atoms with van der Waals surface area (Å²) in [7, 11) is 0. The van der Waals surface area contributed by atoms with Crippen LogP contribution in [-0.2, 0) is 12.7 Å². The number of anilines is 1. The maximum Gasteiger partial charge on any atom is 0.416 e. The quantitative estimate of drug-likeness (QED) is 0.883. The van der Waals surface area contributed by atoms with Crippen molar-refractivity contribution in [3.05, 3.63) is 29.3 Å². The number of halogens is 3. The molecule has 1 aromatic rings. The second-order valence-electron chi connectivity index (χ2n) is 4.59. The Hall–Kier alpha value is -1.23. The molecule has 100 valence electrons. The molecular formula is C13H17F3N2. The fraction of sp³-hybridized carbons (Fsp3) is 0.538. The van der Waals surface area contributed by atoms with Gasteiger partial charge in [0.15, 0.2) is 0 Å². The van der Waals surface area contributed by atoms with Crippen LogP contribution in [0.5, 0.6) is 0 Å². The minimum Gasteiger partial charge on any atom is -0.372 e. The Morgan fingerprint density at radius 3 is 2.33 bits per heavy atom. The molecule has 0 radical (unpaired) electrons. The molecule has 0 unspecified atom stereocenters. The summed E-state index contributed by atoms with van der Waals surface area (Å²) in [6.07, 6.45) is -1.09. The van der Waals surface area contributed by atoms with Gasteiger partial charge in [-0.1, -0.05) is 6.07 Å². The molecule has 0 amide bonds. The maximum atomic E-state index is 12.9. The van der Waals surface area contributed by atoms with Crippen molar-refractivity contribution in [1.82, 2.24) is 0 Å². The number of alkyl halides is 3. The van der Waals surface area contributed by atoms with E-state index in [2.05, 4.69) is 0 Å². The molecule has 2 nitrogen and oxygen atoms in total. The summed E-state index contributed by atoms with van der Waals surface area (Å²) in [5.41, 5.74) is 5.57. The number of rotatable bonds is 2. The van der Waals surface area contributed by atoms with Gasteiger partial charge >= 0.3 is 6.18 Å². The summed E-state index contributed by atoms with van der Waals surface area (Å²) >= 11 is 0. The fourth-order valence-electron chi connectivity index (χ4n) is 2.36. The van der Waals surface area contributed by atoms with Gasteiger partial charge in [-0.3, -0.25) is 0 Å². The zero-order valence-electron chi connectivity index (χ0n) is 10.1. The molecular weight excluding hydrogens is 241 g/mol. The first kappa shape index (κ1) is 13.2. The normalized spacial score (nSPS) is 17.0. The summed E-state index contributed by atoms with van der Waals surface area (Å²) in [4.78, 5) is 2.01. The van der Waals surface area contributed by atoms with Gasteiger partial charge in [-0.2, -0.15) is 13.2 Å². The van der Waals surface area contributed by atoms with E-state index in [0.29, 0.717) is 5.69 Å². The van der Waals surface area contributed by atoms with Crippen molar-refractivity contribution in [3.63, 3.8) is 0 Å². The molecule has 0 atom stereocenters. The Bertz CT molecular complexity index is 409. The number of nitrogens with two attached hydrogens (primary N) is 1. The van der Waals surface area contributed by atoms with Gasteiger partial charge in [-0.15, -0.1) is 0 Å². The molecule has 18 heavy (non-hydrogen) atoms. The van der Waals surface area contributed by atoms with Crippen molar-refractivity contribution >= 4 is 5.69 Å². The van der Waals surface area contributed by atoms with Gasteiger partial charge in [-0.05, 0) is 37.0 Å². The standard InChI is InChI=1S/C13H17F3N2/c14-13(15,16)12-8-11(5-4-10(12)9-17)18-6-2-1-3-7-18/h4-5,8H,1-3,6-7,9,17H2. The van der Waals surface area contributed by atoms with Crippen LogP contribution in [0.4, 0.5) is 18.9 Å². The van der Waals surface area contributed by atoms with E-state index in [1.807, 2.05) is 4.90 Å². The van der Waals surface area contributed by atoms with Crippen LogP contribution < -0.4 is 10.6 Å². The van der Waals surface area contributed by atoms with Gasteiger partial charge in [0.1, 0.15) is 0 Å². The molecule has 0 aliphatic carbocycles. The van der Waals surface area contributed by atoms with Crippen molar-refractivity contribution in [2.75, 3.05) is 18.0 Å². The topological polar surface area (TPSA) is 29.3 Å². The molecule has 1 aliphatic heterocycles. The zero-order valence-corrected chi connectivity index (χ0v) is 10.1. The van der Waals surface area contributed by atoms with Gasteiger partial charge < -0.3 is 10.6 Å². The molecule has 2 N–H and O–H groups in total. The Kier molecular flexibility index (Phi) is 3.80.